The van der Waals surface area contributed by atoms with Crippen LogP contribution in [0.2, 0.25) is 0 Å². The Labute approximate surface area is 179 Å². The molecule has 30 heavy (non-hydrogen) atoms. The summed E-state index contributed by atoms with van der Waals surface area (Å²) in [6, 6.07) is 10.0. The molecule has 1 rings (SSSR count). The van der Waals surface area contributed by atoms with Crippen molar-refractivity contribution in [2.45, 2.75) is 33.6 Å². The van der Waals surface area contributed by atoms with E-state index in [1.54, 1.807) is 13.8 Å². The third-order valence-corrected chi connectivity index (χ3v) is 3.08. The number of esters is 2. The molecular weight excluding hydrogens is 384 g/mol. The molecule has 6 nitrogen and oxygen atoms in total. The molecule has 0 fully saturated rings. The molecular formula is C24H32O6. The van der Waals surface area contributed by atoms with Crippen LogP contribution in [0.5, 0.6) is 0 Å². The van der Waals surface area contributed by atoms with Gasteiger partial charge in [0, 0.05) is 11.6 Å². The minimum Gasteiger partial charge on any atom is -0.478 e. The minimum atomic E-state index is -1.12. The fourth-order valence-corrected chi connectivity index (χ4v) is 1.49. The van der Waals surface area contributed by atoms with E-state index in [1.807, 2.05) is 43.3 Å². The number of benzene rings is 1. The van der Waals surface area contributed by atoms with Crippen molar-refractivity contribution in [3.8, 4) is 0 Å². The first kappa shape index (κ1) is 28.8. The molecule has 0 aliphatic heterocycles. The average molecular weight is 417 g/mol. The van der Waals surface area contributed by atoms with Crippen LogP contribution in [0.4, 0.5) is 0 Å². The molecule has 0 amide bonds. The Kier molecular flexibility index (Phi) is 18.2. The van der Waals surface area contributed by atoms with Gasteiger partial charge in [-0.2, -0.15) is 0 Å². The van der Waals surface area contributed by atoms with Crippen LogP contribution in [-0.4, -0.2) is 36.2 Å². The van der Waals surface area contributed by atoms with Crippen molar-refractivity contribution in [2.75, 3.05) is 13.2 Å². The standard InChI is InChI=1S/C10H14O4.C8H8.C6H10O2/c1-3-4-7-14-10(13)8(2)5-6-9(11)12;1-2-8-6-4-3-5-7-8;1-4-8-6(7)5(2)3/h5-6H,2-4,7H2,1H3,(H,11,12);2-7H,1H2;2,4H2,1,3H3. The number of unbranched alkanes of at least 4 members (excludes halogenated alkanes) is 1. The summed E-state index contributed by atoms with van der Waals surface area (Å²) in [6.45, 7) is 16.5. The molecule has 0 unspecified atom stereocenters. The first-order valence-corrected chi connectivity index (χ1v) is 9.46. The van der Waals surface area contributed by atoms with Gasteiger partial charge in [-0.1, -0.05) is 69.5 Å². The van der Waals surface area contributed by atoms with E-state index in [4.69, 9.17) is 9.84 Å². The van der Waals surface area contributed by atoms with Gasteiger partial charge in [0.2, 0.25) is 0 Å². The third-order valence-electron chi connectivity index (χ3n) is 3.08. The summed E-state index contributed by atoms with van der Waals surface area (Å²) in [5.74, 6) is -2.00. The Morgan fingerprint density at radius 3 is 1.97 bits per heavy atom. The van der Waals surface area contributed by atoms with Gasteiger partial charge in [-0.05, 0) is 31.9 Å². The predicted octanol–water partition coefficient (Wildman–Crippen LogP) is 4.98. The molecule has 0 aromatic heterocycles. The number of carboxylic acid groups (broad SMARTS) is 1. The van der Waals surface area contributed by atoms with E-state index >= 15 is 0 Å². The lowest BCUT2D eigenvalue weighted by Crippen LogP contribution is -2.07. The van der Waals surface area contributed by atoms with Gasteiger partial charge in [0.25, 0.3) is 0 Å². The van der Waals surface area contributed by atoms with Gasteiger partial charge in [-0.25, -0.2) is 14.4 Å². The lowest BCUT2D eigenvalue weighted by Gasteiger charge is -2.02. The maximum atomic E-state index is 11.1. The second-order valence-electron chi connectivity index (χ2n) is 5.80. The van der Waals surface area contributed by atoms with Gasteiger partial charge in [0.05, 0.1) is 18.8 Å². The van der Waals surface area contributed by atoms with E-state index in [-0.39, 0.29) is 11.5 Å². The molecule has 0 aliphatic rings. The summed E-state index contributed by atoms with van der Waals surface area (Å²) in [5.41, 5.74) is 1.67. The number of carboxylic acids is 1. The normalized spacial score (nSPS) is 9.17. The van der Waals surface area contributed by atoms with Crippen molar-refractivity contribution in [2.24, 2.45) is 0 Å². The Bertz CT molecular complexity index is 716. The molecule has 0 spiro atoms. The molecule has 6 heteroatoms. The Balaban J connectivity index is 0. The SMILES string of the molecule is C=C(C)C(=O)OCC.C=C(C=CC(=O)O)C(=O)OCCCC.C=Cc1ccccc1. The highest BCUT2D eigenvalue weighted by Gasteiger charge is 2.04. The summed E-state index contributed by atoms with van der Waals surface area (Å²) >= 11 is 0. The van der Waals surface area contributed by atoms with E-state index in [2.05, 4.69) is 24.5 Å². The third kappa shape index (κ3) is 18.0. The highest BCUT2D eigenvalue weighted by atomic mass is 16.5. The Morgan fingerprint density at radius 1 is 1.00 bits per heavy atom. The molecule has 0 heterocycles. The van der Waals surface area contributed by atoms with E-state index in [0.29, 0.717) is 18.8 Å². The van der Waals surface area contributed by atoms with Crippen molar-refractivity contribution < 1.29 is 29.0 Å². The summed E-state index contributed by atoms with van der Waals surface area (Å²) in [7, 11) is 0. The molecule has 1 aromatic carbocycles. The van der Waals surface area contributed by atoms with E-state index < -0.39 is 11.9 Å². The number of carbonyl (C=O) groups excluding carboxylic acids is 2. The van der Waals surface area contributed by atoms with Crippen LogP contribution in [-0.2, 0) is 23.9 Å². The first-order chi connectivity index (χ1) is 14.2. The summed E-state index contributed by atoms with van der Waals surface area (Å²) in [6.07, 6.45) is 5.53. The van der Waals surface area contributed by atoms with Crippen molar-refractivity contribution in [3.05, 3.63) is 78.9 Å². The number of hydrogen-bond acceptors (Lipinski definition) is 5. The zero-order valence-corrected chi connectivity index (χ0v) is 18.1. The van der Waals surface area contributed by atoms with Gasteiger partial charge in [-0.3, -0.25) is 0 Å². The topological polar surface area (TPSA) is 89.9 Å². The van der Waals surface area contributed by atoms with E-state index in [9.17, 15) is 14.4 Å². The predicted molar refractivity (Wildman–Crippen MR) is 120 cm³/mol. The average Bonchev–Trinajstić information content (AvgIpc) is 2.73. The Hall–Kier alpha value is -3.41. The van der Waals surface area contributed by atoms with Crippen LogP contribution in [0.15, 0.2) is 73.4 Å². The van der Waals surface area contributed by atoms with E-state index in [0.717, 1.165) is 25.0 Å². The number of carbonyl (C=O) groups is 3. The molecule has 1 N–H and O–H groups in total. The molecule has 0 saturated carbocycles. The molecule has 0 bridgehead atoms. The highest BCUT2D eigenvalue weighted by molar-refractivity contribution is 5.93. The zero-order valence-electron chi connectivity index (χ0n) is 18.1. The quantitative estimate of drug-likeness (QED) is 0.264. The van der Waals surface area contributed by atoms with Crippen LogP contribution >= 0.6 is 0 Å². The molecule has 0 atom stereocenters. The lowest BCUT2D eigenvalue weighted by molar-refractivity contribution is -0.139. The maximum Gasteiger partial charge on any atom is 0.337 e. The number of rotatable bonds is 9. The summed E-state index contributed by atoms with van der Waals surface area (Å²) < 4.78 is 9.36. The summed E-state index contributed by atoms with van der Waals surface area (Å²) in [4.78, 5) is 31.6. The van der Waals surface area contributed by atoms with Gasteiger partial charge < -0.3 is 14.6 Å². The van der Waals surface area contributed by atoms with Gasteiger partial charge >= 0.3 is 17.9 Å². The number of ether oxygens (including phenoxy) is 2. The van der Waals surface area contributed by atoms with Crippen molar-refractivity contribution in [1.29, 1.82) is 0 Å². The summed E-state index contributed by atoms with van der Waals surface area (Å²) in [5, 5.41) is 8.28. The molecule has 0 radical (unpaired) electrons. The zero-order chi connectivity index (χ0) is 23.4. The van der Waals surface area contributed by atoms with Crippen molar-refractivity contribution in [3.63, 3.8) is 0 Å². The fourth-order valence-electron chi connectivity index (χ4n) is 1.49. The van der Waals surface area contributed by atoms with Crippen LogP contribution in [0.3, 0.4) is 0 Å². The molecule has 0 aliphatic carbocycles. The number of aliphatic carboxylic acids is 1. The lowest BCUT2D eigenvalue weighted by atomic mass is 10.2. The molecule has 1 aromatic rings. The van der Waals surface area contributed by atoms with Gasteiger partial charge in [-0.15, -0.1) is 0 Å². The van der Waals surface area contributed by atoms with Crippen LogP contribution in [0.25, 0.3) is 6.08 Å². The first-order valence-electron chi connectivity index (χ1n) is 9.46. The molecule has 164 valence electrons. The second-order valence-corrected chi connectivity index (χ2v) is 5.80. The van der Waals surface area contributed by atoms with Crippen LogP contribution < -0.4 is 0 Å². The van der Waals surface area contributed by atoms with Crippen molar-refractivity contribution in [1.82, 2.24) is 0 Å². The van der Waals surface area contributed by atoms with Gasteiger partial charge in [0.15, 0.2) is 0 Å². The molecule has 0 saturated heterocycles. The Morgan fingerprint density at radius 2 is 1.60 bits per heavy atom. The largest absolute Gasteiger partial charge is 0.478 e. The minimum absolute atomic E-state index is 0.0449. The highest BCUT2D eigenvalue weighted by Crippen LogP contribution is 1.99. The van der Waals surface area contributed by atoms with Crippen molar-refractivity contribution >= 4 is 24.0 Å². The number of hydrogen-bond donors (Lipinski definition) is 1. The van der Waals surface area contributed by atoms with Crippen LogP contribution in [0.1, 0.15) is 39.2 Å². The monoisotopic (exact) mass is 416 g/mol. The second kappa shape index (κ2) is 18.9. The smallest absolute Gasteiger partial charge is 0.337 e. The fraction of sp³-hybridized carbons (Fsp3) is 0.292. The van der Waals surface area contributed by atoms with E-state index in [1.165, 1.54) is 5.56 Å². The van der Waals surface area contributed by atoms with Gasteiger partial charge in [0.1, 0.15) is 0 Å². The maximum absolute atomic E-state index is 11.1. The van der Waals surface area contributed by atoms with Crippen LogP contribution in [0, 0.1) is 0 Å².